The molecule has 2 aliphatic rings. The quantitative estimate of drug-likeness (QED) is 0.802. The highest BCUT2D eigenvalue weighted by Crippen LogP contribution is 2.40. The third-order valence-electron chi connectivity index (χ3n) is 4.63. The smallest absolute Gasteiger partial charge is 0.228 e. The zero-order chi connectivity index (χ0) is 12.3. The van der Waals surface area contributed by atoms with Gasteiger partial charge in [0.05, 0.1) is 0 Å². The number of hydrogen-bond donors (Lipinski definition) is 1. The van der Waals surface area contributed by atoms with Gasteiger partial charge in [-0.3, -0.25) is 4.79 Å². The van der Waals surface area contributed by atoms with Crippen LogP contribution in [0.1, 0.15) is 58.3 Å². The minimum Gasteiger partial charge on any atom is -0.338 e. The van der Waals surface area contributed by atoms with Gasteiger partial charge in [0.15, 0.2) is 0 Å². The molecule has 1 unspecified atom stereocenters. The lowest BCUT2D eigenvalue weighted by atomic mass is 9.86. The van der Waals surface area contributed by atoms with E-state index in [0.29, 0.717) is 18.5 Å². The molecule has 2 fully saturated rings. The van der Waals surface area contributed by atoms with Crippen LogP contribution in [-0.4, -0.2) is 29.9 Å². The van der Waals surface area contributed by atoms with Gasteiger partial charge < -0.3 is 10.6 Å². The highest BCUT2D eigenvalue weighted by molar-refractivity contribution is 5.83. The Balaban J connectivity index is 2.09. The normalized spacial score (nSPS) is 29.1. The fourth-order valence-electron chi connectivity index (χ4n) is 3.41. The van der Waals surface area contributed by atoms with Crippen LogP contribution in [0.25, 0.3) is 0 Å². The Morgan fingerprint density at radius 1 is 1.24 bits per heavy atom. The molecule has 0 aromatic carbocycles. The molecule has 1 aliphatic heterocycles. The van der Waals surface area contributed by atoms with Crippen LogP contribution in [-0.2, 0) is 4.79 Å². The number of amides is 1. The number of carbonyl (C=O) groups is 1. The SMILES string of the molecule is CC1(C(=O)N2CCCCCC2CN)CCCC1. The summed E-state index contributed by atoms with van der Waals surface area (Å²) in [6.07, 6.45) is 9.28. The Morgan fingerprint density at radius 2 is 1.94 bits per heavy atom. The van der Waals surface area contributed by atoms with Gasteiger partial charge in [-0.05, 0) is 25.7 Å². The van der Waals surface area contributed by atoms with Gasteiger partial charge in [0.25, 0.3) is 0 Å². The predicted molar refractivity (Wildman–Crippen MR) is 69.6 cm³/mol. The van der Waals surface area contributed by atoms with Gasteiger partial charge in [-0.2, -0.15) is 0 Å². The maximum Gasteiger partial charge on any atom is 0.228 e. The third kappa shape index (κ3) is 2.65. The minimum absolute atomic E-state index is 0.0856. The summed E-state index contributed by atoms with van der Waals surface area (Å²) in [5.74, 6) is 0.382. The van der Waals surface area contributed by atoms with Crippen molar-refractivity contribution in [1.29, 1.82) is 0 Å². The van der Waals surface area contributed by atoms with E-state index in [1.165, 1.54) is 25.7 Å². The van der Waals surface area contributed by atoms with Crippen LogP contribution in [0.2, 0.25) is 0 Å². The predicted octanol–water partition coefficient (Wildman–Crippen LogP) is 2.30. The molecule has 1 atom stereocenters. The Labute approximate surface area is 105 Å². The van der Waals surface area contributed by atoms with Crippen molar-refractivity contribution in [1.82, 2.24) is 4.90 Å². The molecule has 0 spiro atoms. The molecule has 3 heteroatoms. The van der Waals surface area contributed by atoms with Gasteiger partial charge in [-0.15, -0.1) is 0 Å². The van der Waals surface area contributed by atoms with E-state index in [9.17, 15) is 4.79 Å². The topological polar surface area (TPSA) is 46.3 Å². The zero-order valence-electron chi connectivity index (χ0n) is 11.1. The number of rotatable bonds is 2. The van der Waals surface area contributed by atoms with E-state index >= 15 is 0 Å². The standard InChI is InChI=1S/C14H26N2O/c1-14(8-4-5-9-14)13(17)16-10-6-2-3-7-12(16)11-15/h12H,2-11,15H2,1H3. The van der Waals surface area contributed by atoms with E-state index in [0.717, 1.165) is 32.2 Å². The van der Waals surface area contributed by atoms with Crippen LogP contribution in [0.5, 0.6) is 0 Å². The number of likely N-dealkylation sites (tertiary alicyclic amines) is 1. The molecule has 1 amide bonds. The summed E-state index contributed by atoms with van der Waals surface area (Å²) in [5, 5.41) is 0. The lowest BCUT2D eigenvalue weighted by molar-refractivity contribution is -0.143. The largest absolute Gasteiger partial charge is 0.338 e. The molecule has 0 aromatic heterocycles. The summed E-state index contributed by atoms with van der Waals surface area (Å²) >= 11 is 0. The van der Waals surface area contributed by atoms with Crippen LogP contribution in [0, 0.1) is 5.41 Å². The first kappa shape index (κ1) is 12.9. The molecule has 1 saturated heterocycles. The van der Waals surface area contributed by atoms with Crippen molar-refractivity contribution in [3.8, 4) is 0 Å². The Kier molecular flexibility index (Phi) is 4.08. The van der Waals surface area contributed by atoms with Crippen LogP contribution < -0.4 is 5.73 Å². The molecule has 1 saturated carbocycles. The number of nitrogens with two attached hydrogens (primary N) is 1. The minimum atomic E-state index is -0.0856. The maximum absolute atomic E-state index is 12.7. The summed E-state index contributed by atoms with van der Waals surface area (Å²) in [6.45, 7) is 3.71. The first-order valence-electron chi connectivity index (χ1n) is 7.18. The molecule has 2 rings (SSSR count). The first-order chi connectivity index (χ1) is 8.17. The summed E-state index contributed by atoms with van der Waals surface area (Å²) in [5.41, 5.74) is 5.76. The second kappa shape index (κ2) is 5.38. The van der Waals surface area contributed by atoms with E-state index in [1.54, 1.807) is 0 Å². The molecule has 1 aliphatic carbocycles. The summed E-state index contributed by atoms with van der Waals surface area (Å²) in [7, 11) is 0. The van der Waals surface area contributed by atoms with Gasteiger partial charge in [0.1, 0.15) is 0 Å². The number of carbonyl (C=O) groups excluding carboxylic acids is 1. The van der Waals surface area contributed by atoms with Gasteiger partial charge >= 0.3 is 0 Å². The van der Waals surface area contributed by atoms with E-state index in [4.69, 9.17) is 5.73 Å². The van der Waals surface area contributed by atoms with Gasteiger partial charge in [-0.1, -0.05) is 32.6 Å². The molecule has 0 radical (unpaired) electrons. The Bertz CT molecular complexity index is 271. The summed E-state index contributed by atoms with van der Waals surface area (Å²) in [6, 6.07) is 0.294. The van der Waals surface area contributed by atoms with Gasteiger partial charge in [0.2, 0.25) is 5.91 Å². The van der Waals surface area contributed by atoms with Crippen molar-refractivity contribution in [2.24, 2.45) is 11.1 Å². The Hall–Kier alpha value is -0.570. The van der Waals surface area contributed by atoms with Crippen molar-refractivity contribution in [3.05, 3.63) is 0 Å². The molecule has 3 nitrogen and oxygen atoms in total. The van der Waals surface area contributed by atoms with Crippen LogP contribution in [0.4, 0.5) is 0 Å². The number of nitrogens with zero attached hydrogens (tertiary/aromatic N) is 1. The fraction of sp³-hybridized carbons (Fsp3) is 0.929. The zero-order valence-corrected chi connectivity index (χ0v) is 11.1. The summed E-state index contributed by atoms with van der Waals surface area (Å²) < 4.78 is 0. The van der Waals surface area contributed by atoms with E-state index in [-0.39, 0.29) is 5.41 Å². The summed E-state index contributed by atoms with van der Waals surface area (Å²) in [4.78, 5) is 14.8. The third-order valence-corrected chi connectivity index (χ3v) is 4.63. The molecule has 98 valence electrons. The van der Waals surface area contributed by atoms with E-state index in [2.05, 4.69) is 11.8 Å². The van der Waals surface area contributed by atoms with Crippen molar-refractivity contribution in [2.75, 3.05) is 13.1 Å². The van der Waals surface area contributed by atoms with Crippen molar-refractivity contribution in [2.45, 2.75) is 64.3 Å². The molecule has 1 heterocycles. The lowest BCUT2D eigenvalue weighted by Crippen LogP contribution is -2.49. The molecular weight excluding hydrogens is 212 g/mol. The second-order valence-corrected chi connectivity index (χ2v) is 6.01. The molecule has 2 N–H and O–H groups in total. The molecule has 0 bridgehead atoms. The molecule has 17 heavy (non-hydrogen) atoms. The highest BCUT2D eigenvalue weighted by atomic mass is 16.2. The second-order valence-electron chi connectivity index (χ2n) is 6.01. The van der Waals surface area contributed by atoms with Crippen LogP contribution in [0.15, 0.2) is 0 Å². The van der Waals surface area contributed by atoms with Crippen molar-refractivity contribution >= 4 is 5.91 Å². The van der Waals surface area contributed by atoms with Crippen LogP contribution >= 0.6 is 0 Å². The average Bonchev–Trinajstić information content (AvgIpc) is 2.65. The van der Waals surface area contributed by atoms with E-state index < -0.39 is 0 Å². The van der Waals surface area contributed by atoms with Gasteiger partial charge in [-0.25, -0.2) is 0 Å². The first-order valence-corrected chi connectivity index (χ1v) is 7.18. The average molecular weight is 238 g/mol. The monoisotopic (exact) mass is 238 g/mol. The maximum atomic E-state index is 12.7. The van der Waals surface area contributed by atoms with E-state index in [1.807, 2.05) is 0 Å². The van der Waals surface area contributed by atoms with Gasteiger partial charge in [0, 0.05) is 24.5 Å². The highest BCUT2D eigenvalue weighted by Gasteiger charge is 2.40. The fourth-order valence-corrected chi connectivity index (χ4v) is 3.41. The molecular formula is C14H26N2O. The lowest BCUT2D eigenvalue weighted by Gasteiger charge is -2.36. The Morgan fingerprint density at radius 3 is 2.59 bits per heavy atom. The van der Waals surface area contributed by atoms with Crippen LogP contribution in [0.3, 0.4) is 0 Å². The van der Waals surface area contributed by atoms with Crippen molar-refractivity contribution < 1.29 is 4.79 Å². The van der Waals surface area contributed by atoms with Crippen molar-refractivity contribution in [3.63, 3.8) is 0 Å². The number of hydrogen-bond acceptors (Lipinski definition) is 2. The molecule has 0 aromatic rings.